The van der Waals surface area contributed by atoms with E-state index in [0.29, 0.717) is 12.8 Å². The molecule has 0 aromatic heterocycles. The van der Waals surface area contributed by atoms with Crippen molar-refractivity contribution in [3.63, 3.8) is 0 Å². The van der Waals surface area contributed by atoms with Crippen LogP contribution >= 0.6 is 0 Å². The first kappa shape index (κ1) is 98.3. The van der Waals surface area contributed by atoms with Crippen LogP contribution in [0.2, 0.25) is 0 Å². The number of hydrogen-bond acceptors (Lipinski definition) is 32. The van der Waals surface area contributed by atoms with Crippen LogP contribution in [0.25, 0.3) is 0 Å². The molecule has 0 bridgehead atoms. The Hall–Kier alpha value is -2.52. The highest BCUT2D eigenvalue weighted by Crippen LogP contribution is 2.38. The average Bonchev–Trinajstić information content (AvgIpc) is 0.781. The number of hydrogen-bond donors (Lipinski definition) is 20. The van der Waals surface area contributed by atoms with Gasteiger partial charge in [-0.15, -0.1) is 0 Å². The minimum atomic E-state index is -2.25. The highest BCUT2D eigenvalue weighted by molar-refractivity contribution is 5.76. The number of aliphatic hydroxyl groups is 18. The van der Waals surface area contributed by atoms with E-state index in [-0.39, 0.29) is 12.3 Å². The van der Waals surface area contributed by atoms with Crippen LogP contribution in [0.15, 0.2) is 12.2 Å². The topological polar surface area (TPSA) is 533 Å². The van der Waals surface area contributed by atoms with Gasteiger partial charge >= 0.3 is 0 Å². The van der Waals surface area contributed by atoms with Gasteiger partial charge in [-0.25, -0.2) is 0 Å². The molecule has 6 aliphatic rings. The molecule has 6 aliphatic heterocycles. The molecule has 6 saturated heterocycles. The Kier molecular flexibility index (Phi) is 46.7. The summed E-state index contributed by atoms with van der Waals surface area (Å²) in [6, 6.07) is -2.87. The van der Waals surface area contributed by atoms with Gasteiger partial charge in [0.1, 0.15) is 140 Å². The summed E-state index contributed by atoms with van der Waals surface area (Å²) in [5.41, 5.74) is 0. The van der Waals surface area contributed by atoms with Crippen molar-refractivity contribution in [2.24, 2.45) is 0 Å². The number of nitrogens with one attached hydrogen (secondary N) is 2. The molecule has 0 aromatic carbocycles. The van der Waals surface area contributed by atoms with Gasteiger partial charge in [0.2, 0.25) is 11.8 Å². The van der Waals surface area contributed by atoms with Crippen LogP contribution in [0, 0.1) is 0 Å². The van der Waals surface area contributed by atoms with Crippen molar-refractivity contribution in [2.75, 3.05) is 39.6 Å². The summed E-state index contributed by atoms with van der Waals surface area (Å²) in [7, 11) is 0. The van der Waals surface area contributed by atoms with Crippen molar-refractivity contribution in [3.05, 3.63) is 12.2 Å². The summed E-state index contributed by atoms with van der Waals surface area (Å²) < 4.78 is 70.8. The van der Waals surface area contributed by atoms with Crippen molar-refractivity contribution >= 4 is 11.8 Å². The molecule has 20 N–H and O–H groups in total. The Morgan fingerprint density at radius 2 is 0.723 bits per heavy atom. The first-order valence-corrected chi connectivity index (χ1v) is 41.8. The molecular weight excluding hydrogens is 1480 g/mol. The number of carbonyl (C=O) groups excluding carboxylic acids is 2. The number of aliphatic hydroxyl groups excluding tert-OH is 18. The predicted octanol–water partition coefficient (Wildman–Crippen LogP) is 0.0202. The van der Waals surface area contributed by atoms with E-state index in [1.807, 2.05) is 6.08 Å². The summed E-state index contributed by atoms with van der Waals surface area (Å²) >= 11 is 0. The molecule has 12 unspecified atom stereocenters. The molecule has 6 heterocycles. The lowest BCUT2D eigenvalue weighted by Crippen LogP contribution is -2.70. The smallest absolute Gasteiger partial charge is 0.220 e. The van der Waals surface area contributed by atoms with Gasteiger partial charge < -0.3 is 159 Å². The molecule has 32 atom stereocenters. The number of allylic oxidation sites excluding steroid dienone is 1. The Morgan fingerprint density at radius 1 is 0.366 bits per heavy atom. The zero-order chi connectivity index (χ0) is 81.8. The minimum Gasteiger partial charge on any atom is -0.394 e. The number of carbonyl (C=O) groups is 2. The number of unbranched alkanes of at least 4 members (excludes halogenated alkanes) is 29. The normalized spacial score (nSPS) is 37.3. The summed E-state index contributed by atoms with van der Waals surface area (Å²) in [4.78, 5) is 26.5. The van der Waals surface area contributed by atoms with E-state index < -0.39 is 242 Å². The van der Waals surface area contributed by atoms with Gasteiger partial charge in [0.05, 0.1) is 57.9 Å². The largest absolute Gasteiger partial charge is 0.394 e. The van der Waals surface area contributed by atoms with Crippen molar-refractivity contribution < 1.29 is 158 Å². The fourth-order valence-corrected chi connectivity index (χ4v) is 15.3. The molecule has 34 nitrogen and oxygen atoms in total. The average molecular weight is 1620 g/mol. The molecule has 112 heavy (non-hydrogen) atoms. The van der Waals surface area contributed by atoms with Crippen LogP contribution < -0.4 is 10.6 Å². The molecular formula is C78H142N2O32. The molecule has 0 saturated carbocycles. The van der Waals surface area contributed by atoms with E-state index in [4.69, 9.17) is 56.8 Å². The maximum atomic E-state index is 13.5. The lowest BCUT2D eigenvalue weighted by atomic mass is 9.94. The van der Waals surface area contributed by atoms with Gasteiger partial charge in [-0.2, -0.15) is 0 Å². The first-order chi connectivity index (χ1) is 53.9. The highest BCUT2D eigenvalue weighted by Gasteiger charge is 2.58. The summed E-state index contributed by atoms with van der Waals surface area (Å²) in [6.07, 6.45) is -16.1. The lowest BCUT2D eigenvalue weighted by molar-refractivity contribution is -0.393. The van der Waals surface area contributed by atoms with E-state index in [1.165, 1.54) is 142 Å². The van der Waals surface area contributed by atoms with Gasteiger partial charge in [-0.3, -0.25) is 9.59 Å². The fourth-order valence-electron chi connectivity index (χ4n) is 15.3. The van der Waals surface area contributed by atoms with Crippen LogP contribution in [0.1, 0.15) is 233 Å². The Bertz CT molecular complexity index is 2530. The predicted molar refractivity (Wildman–Crippen MR) is 399 cm³/mol. The van der Waals surface area contributed by atoms with Crippen LogP contribution in [0.5, 0.6) is 0 Å². The van der Waals surface area contributed by atoms with E-state index >= 15 is 0 Å². The molecule has 0 aromatic rings. The third-order valence-electron chi connectivity index (χ3n) is 22.3. The third-order valence-corrected chi connectivity index (χ3v) is 22.3. The minimum absolute atomic E-state index is 0.186. The maximum Gasteiger partial charge on any atom is 0.220 e. The van der Waals surface area contributed by atoms with Gasteiger partial charge in [-0.05, 0) is 26.2 Å². The van der Waals surface area contributed by atoms with E-state index in [2.05, 4.69) is 24.5 Å². The molecule has 656 valence electrons. The van der Waals surface area contributed by atoms with E-state index in [9.17, 15) is 102 Å². The maximum absolute atomic E-state index is 13.5. The zero-order valence-corrected chi connectivity index (χ0v) is 66.3. The highest BCUT2D eigenvalue weighted by atomic mass is 16.8. The van der Waals surface area contributed by atoms with Gasteiger partial charge in [-0.1, -0.05) is 206 Å². The third kappa shape index (κ3) is 30.3. The van der Waals surface area contributed by atoms with Crippen LogP contribution in [0.4, 0.5) is 0 Å². The van der Waals surface area contributed by atoms with Crippen molar-refractivity contribution in [1.29, 1.82) is 0 Å². The quantitative estimate of drug-likeness (QED) is 0.0282. The second-order valence-corrected chi connectivity index (χ2v) is 31.3. The number of amides is 2. The van der Waals surface area contributed by atoms with Crippen molar-refractivity contribution in [2.45, 2.75) is 429 Å². The number of ether oxygens (including phenoxy) is 12. The van der Waals surface area contributed by atoms with E-state index in [0.717, 1.165) is 58.3 Å². The monoisotopic (exact) mass is 1620 g/mol. The van der Waals surface area contributed by atoms with Crippen molar-refractivity contribution in [3.8, 4) is 0 Å². The Balaban J connectivity index is 1.06. The molecule has 6 rings (SSSR count). The first-order valence-electron chi connectivity index (χ1n) is 41.8. The lowest BCUT2D eigenvalue weighted by Gasteiger charge is -2.51. The standard InChI is InChI=1S/C78H142N2O32/c1-5-7-9-11-13-15-17-19-20-21-22-23-24-26-28-30-32-34-36-38-54(88)80-47(48(87)37-35-33-31-29-27-25-18-16-14-12-10-8-6-2)44-101-74-65(98)62(95)68(52(42-84)106-74)108-76-66(99)63(96)69(53(43-85)107-76)109-77-67(100)71(59(92)51(41-83)104-77)111-73-55(79-46(4)86)70(58(91)50(40-82)103-73)110-78-72(61(94)57(90)49(39-81)105-78)112-75-64(97)60(93)56(89)45(3)102-75/h35,37,45,47-53,55-78,81-85,87,89-100H,5-34,36,38-44H2,1-4H3,(H,79,86)(H,80,88)/b37-35+/t45?,47-,48+,49?,50?,51?,52?,53?,55?,56+,57-,58-,59-,60?,61-,62+,63+,64-,65?,66?,67?,68+,69-,70+,71-,72?,73-,74+,75+,76-,77-,78-/m0/s1. The van der Waals surface area contributed by atoms with Gasteiger partial charge in [0, 0.05) is 13.3 Å². The zero-order valence-electron chi connectivity index (χ0n) is 66.3. The Labute approximate surface area is 659 Å². The van der Waals surface area contributed by atoms with Crippen molar-refractivity contribution in [1.82, 2.24) is 10.6 Å². The molecule has 34 heteroatoms. The molecule has 0 radical (unpaired) electrons. The second-order valence-electron chi connectivity index (χ2n) is 31.3. The summed E-state index contributed by atoms with van der Waals surface area (Å²) in [5.74, 6) is -1.20. The molecule has 0 aliphatic carbocycles. The molecule has 6 fully saturated rings. The Morgan fingerprint density at radius 3 is 1.21 bits per heavy atom. The second kappa shape index (κ2) is 53.2. The summed E-state index contributed by atoms with van der Waals surface area (Å²) in [5, 5.41) is 205. The van der Waals surface area contributed by atoms with E-state index in [1.54, 1.807) is 6.08 Å². The molecule has 0 spiro atoms. The van der Waals surface area contributed by atoms with Crippen LogP contribution in [-0.2, 0) is 66.4 Å². The van der Waals surface area contributed by atoms with Gasteiger partial charge in [0.15, 0.2) is 37.7 Å². The number of rotatable bonds is 54. The SMILES string of the molecule is CCCCCCCCCCCCC/C=C/[C@@H](O)[C@H](CO[C@@H]1OC(CO)[C@@H](O[C@@H]2OC(CO)[C@H](O[C@@H]3OC(CO)[C@H](O)[C@H](O[C@@H]4OC(CO)[C@H](O)[C@H](O[C@@H]5OC(CO)[C@H](O)[C@H](O)C5O[C@H]5OC(C)[C@@H](O)C(O)[C@@H]5O)C4NC(C)=O)C3O)[C@H](O)C2O)[C@H](O)C1O)NC(=O)CCCCCCCCCCCCCCCCCCCCC. The van der Waals surface area contributed by atoms with Crippen LogP contribution in [-0.4, -0.2) is 340 Å². The van der Waals surface area contributed by atoms with Crippen LogP contribution in [0.3, 0.4) is 0 Å². The molecule has 2 amide bonds. The fraction of sp³-hybridized carbons (Fsp3) is 0.949. The summed E-state index contributed by atoms with van der Waals surface area (Å²) in [6.45, 7) is 1.37. The van der Waals surface area contributed by atoms with Gasteiger partial charge in [0.25, 0.3) is 0 Å².